The average Bonchev–Trinajstić information content (AvgIpc) is 3.84. The Morgan fingerprint density at radius 3 is 1.47 bits per heavy atom. The van der Waals surface area contributed by atoms with E-state index >= 15 is 0 Å². The monoisotopic (exact) mass is 830 g/mol. The number of rotatable bonds is 14. The van der Waals surface area contributed by atoms with Crippen LogP contribution in [-0.4, -0.2) is 44.7 Å². The zero-order chi connectivity index (χ0) is 44.0. The van der Waals surface area contributed by atoms with Crippen molar-refractivity contribution < 1.29 is 38.3 Å². The topological polar surface area (TPSA) is 145 Å². The van der Waals surface area contributed by atoms with Gasteiger partial charge in [-0.1, -0.05) is 119 Å². The third-order valence-electron chi connectivity index (χ3n) is 10.8. The number of fused-ring (bicyclic) bond motifs is 2. The number of aliphatic carboxylic acids is 2. The predicted octanol–water partition coefficient (Wildman–Crippen LogP) is 11.5. The fourth-order valence-electron chi connectivity index (χ4n) is 7.16. The van der Waals surface area contributed by atoms with Gasteiger partial charge in [-0.3, -0.25) is 0 Å². The van der Waals surface area contributed by atoms with Gasteiger partial charge >= 0.3 is 11.9 Å². The van der Waals surface area contributed by atoms with Crippen LogP contribution in [-0.2, 0) is 35.3 Å². The van der Waals surface area contributed by atoms with Crippen LogP contribution in [0.25, 0.3) is 44.2 Å². The highest BCUT2D eigenvalue weighted by Crippen LogP contribution is 2.32. The van der Waals surface area contributed by atoms with E-state index in [1.165, 1.54) is 58.4 Å². The fourth-order valence-corrected chi connectivity index (χ4v) is 7.16. The Balaban J connectivity index is 0.000000187. The van der Waals surface area contributed by atoms with E-state index in [0.717, 1.165) is 59.0 Å². The molecule has 8 rings (SSSR count). The highest BCUT2D eigenvalue weighted by Gasteiger charge is 2.30. The van der Waals surface area contributed by atoms with Crippen LogP contribution >= 0.6 is 0 Å². The van der Waals surface area contributed by atoms with Crippen molar-refractivity contribution in [1.82, 2.24) is 10.3 Å². The molecule has 0 spiro atoms. The average molecular weight is 831 g/mol. The maximum Gasteiger partial charge on any atom is 0.347 e. The number of ether oxygens (including phenoxy) is 2. The number of carbonyl (C=O) groups is 2. The smallest absolute Gasteiger partial charge is 0.347 e. The summed E-state index contributed by atoms with van der Waals surface area (Å²) in [6.45, 7) is 10.6. The van der Waals surface area contributed by atoms with Crippen LogP contribution in [0.1, 0.15) is 58.6 Å². The van der Waals surface area contributed by atoms with Gasteiger partial charge in [-0.25, -0.2) is 9.59 Å². The first-order chi connectivity index (χ1) is 29.7. The zero-order valence-electron chi connectivity index (χ0n) is 35.8. The van der Waals surface area contributed by atoms with Crippen molar-refractivity contribution >= 4 is 33.9 Å². The van der Waals surface area contributed by atoms with Crippen molar-refractivity contribution in [3.8, 4) is 33.8 Å². The third-order valence-corrected chi connectivity index (χ3v) is 10.8. The Bertz CT molecular complexity index is 2850. The Morgan fingerprint density at radius 2 is 1.02 bits per heavy atom. The second-order valence-corrected chi connectivity index (χ2v) is 16.2. The SMILES string of the molecule is Cc1ccc(-c2cccc(CCc3noc4cc(OC(C)(C)C(=O)O)c(C)cc34)c2)cc1.Cc1ccc(-c2cccc(CCc3noc4cc(OCC(=O)O)c(C)cc34)c2)cc1. The molecule has 2 aromatic heterocycles. The quantitative estimate of drug-likeness (QED) is 0.109. The minimum absolute atomic E-state index is 0.384. The lowest BCUT2D eigenvalue weighted by molar-refractivity contribution is -0.152. The first kappa shape index (κ1) is 42.9. The van der Waals surface area contributed by atoms with Crippen molar-refractivity contribution in [2.45, 2.75) is 72.8 Å². The zero-order valence-corrected chi connectivity index (χ0v) is 35.8. The summed E-state index contributed by atoms with van der Waals surface area (Å²) in [7, 11) is 0. The summed E-state index contributed by atoms with van der Waals surface area (Å²) >= 11 is 0. The molecule has 0 fully saturated rings. The van der Waals surface area contributed by atoms with Crippen LogP contribution in [0, 0.1) is 27.7 Å². The summed E-state index contributed by atoms with van der Waals surface area (Å²) in [5.41, 5.74) is 13.1. The summed E-state index contributed by atoms with van der Waals surface area (Å²) in [6.07, 6.45) is 3.17. The minimum Gasteiger partial charge on any atom is -0.481 e. The molecule has 0 amide bonds. The van der Waals surface area contributed by atoms with Gasteiger partial charge in [0.2, 0.25) is 0 Å². The van der Waals surface area contributed by atoms with Crippen molar-refractivity contribution in [2.75, 3.05) is 6.61 Å². The molecule has 0 aliphatic carbocycles. The lowest BCUT2D eigenvalue weighted by Crippen LogP contribution is -2.38. The number of benzene rings is 6. The van der Waals surface area contributed by atoms with Gasteiger partial charge < -0.3 is 28.7 Å². The molecule has 2 heterocycles. The minimum atomic E-state index is -1.33. The number of hydrogen-bond donors (Lipinski definition) is 2. The van der Waals surface area contributed by atoms with Crippen LogP contribution < -0.4 is 9.47 Å². The molecular formula is C52H50N2O8. The molecule has 62 heavy (non-hydrogen) atoms. The second-order valence-electron chi connectivity index (χ2n) is 16.2. The van der Waals surface area contributed by atoms with Gasteiger partial charge in [-0.15, -0.1) is 0 Å². The normalized spacial score (nSPS) is 11.3. The van der Waals surface area contributed by atoms with Crippen molar-refractivity contribution in [3.05, 3.63) is 166 Å². The van der Waals surface area contributed by atoms with Crippen LogP contribution in [0.4, 0.5) is 0 Å². The molecular weight excluding hydrogens is 781 g/mol. The third kappa shape index (κ3) is 10.4. The van der Waals surface area contributed by atoms with Gasteiger partial charge in [0.1, 0.15) is 11.5 Å². The molecule has 0 saturated heterocycles. The molecule has 316 valence electrons. The Hall–Kier alpha value is -7.20. The summed E-state index contributed by atoms with van der Waals surface area (Å²) in [5.74, 6) is -1.06. The lowest BCUT2D eigenvalue weighted by atomic mass is 9.99. The molecule has 10 nitrogen and oxygen atoms in total. The van der Waals surface area contributed by atoms with E-state index in [4.69, 9.17) is 23.6 Å². The molecule has 0 aliphatic heterocycles. The molecule has 0 radical (unpaired) electrons. The number of hydrogen-bond acceptors (Lipinski definition) is 8. The van der Waals surface area contributed by atoms with Crippen molar-refractivity contribution in [2.24, 2.45) is 0 Å². The highest BCUT2D eigenvalue weighted by atomic mass is 16.5. The van der Waals surface area contributed by atoms with E-state index < -0.39 is 17.5 Å². The van der Waals surface area contributed by atoms with Gasteiger partial charge in [0.25, 0.3) is 0 Å². The molecule has 8 aromatic rings. The molecule has 0 aliphatic rings. The first-order valence-corrected chi connectivity index (χ1v) is 20.6. The fraction of sp³-hybridized carbons (Fsp3) is 0.231. The van der Waals surface area contributed by atoms with E-state index in [-0.39, 0.29) is 6.61 Å². The summed E-state index contributed by atoms with van der Waals surface area (Å²) in [4.78, 5) is 22.1. The maximum atomic E-state index is 11.4. The van der Waals surface area contributed by atoms with Crippen LogP contribution in [0.5, 0.6) is 11.5 Å². The molecule has 6 aromatic carbocycles. The van der Waals surface area contributed by atoms with Crippen molar-refractivity contribution in [3.63, 3.8) is 0 Å². The van der Waals surface area contributed by atoms with Crippen LogP contribution in [0.2, 0.25) is 0 Å². The molecule has 0 unspecified atom stereocenters. The van der Waals surface area contributed by atoms with Crippen LogP contribution in [0.3, 0.4) is 0 Å². The maximum absolute atomic E-state index is 11.4. The molecule has 2 N–H and O–H groups in total. The van der Waals surface area contributed by atoms with E-state index in [9.17, 15) is 14.7 Å². The number of aromatic nitrogens is 2. The first-order valence-electron chi connectivity index (χ1n) is 20.6. The number of carboxylic acid groups (broad SMARTS) is 2. The largest absolute Gasteiger partial charge is 0.481 e. The Morgan fingerprint density at radius 1 is 0.565 bits per heavy atom. The Labute approximate surface area is 360 Å². The van der Waals surface area contributed by atoms with E-state index in [1.54, 1.807) is 12.1 Å². The van der Waals surface area contributed by atoms with Gasteiger partial charge in [-0.2, -0.15) is 0 Å². The summed E-state index contributed by atoms with van der Waals surface area (Å²) < 4.78 is 22.0. The van der Waals surface area contributed by atoms with Crippen LogP contribution in [0.15, 0.2) is 130 Å². The number of aryl methyl sites for hydroxylation is 8. The molecule has 0 atom stereocenters. The standard InChI is InChI=1S/C27H27NO4.C25H23NO4/c1-17-8-11-20(12-9-17)21-7-5-6-19(15-21)10-13-23-22-14-18(2)24(16-25(22)32-28-23)31-27(3,4)26(29)30;1-16-6-9-19(10-7-16)20-5-3-4-18(13-20)8-11-22-21-12-17(2)23(29-15-25(27)28)14-24(21)30-26-22/h5-9,11-12,14-16H,10,13H2,1-4H3,(H,29,30);3-7,9-10,12-14H,8,11,15H2,1-2H3,(H,27,28). The molecule has 0 bridgehead atoms. The lowest BCUT2D eigenvalue weighted by Gasteiger charge is -2.22. The summed E-state index contributed by atoms with van der Waals surface area (Å²) in [6, 6.07) is 41.5. The van der Waals surface area contributed by atoms with E-state index in [2.05, 4.69) is 121 Å². The predicted molar refractivity (Wildman–Crippen MR) is 241 cm³/mol. The van der Waals surface area contributed by atoms with Crippen molar-refractivity contribution in [1.29, 1.82) is 0 Å². The van der Waals surface area contributed by atoms with Gasteiger partial charge in [0.15, 0.2) is 23.4 Å². The summed E-state index contributed by atoms with van der Waals surface area (Å²) in [5, 5.41) is 28.5. The van der Waals surface area contributed by atoms with Gasteiger partial charge in [0.05, 0.1) is 11.4 Å². The second kappa shape index (κ2) is 18.6. The highest BCUT2D eigenvalue weighted by molar-refractivity contribution is 5.84. The van der Waals surface area contributed by atoms with Gasteiger partial charge in [-0.05, 0) is 124 Å². The van der Waals surface area contributed by atoms with E-state index in [1.807, 2.05) is 26.0 Å². The van der Waals surface area contributed by atoms with Gasteiger partial charge in [0, 0.05) is 22.9 Å². The number of carboxylic acids is 2. The van der Waals surface area contributed by atoms with E-state index in [0.29, 0.717) is 22.7 Å². The number of nitrogens with zero attached hydrogens (tertiary/aromatic N) is 2. The molecule has 10 heteroatoms. The Kier molecular flexibility index (Phi) is 12.9. The molecule has 0 saturated carbocycles.